The molecule has 4 heterocycles. The maximum absolute atomic E-state index is 12.8. The second-order valence-electron chi connectivity index (χ2n) is 8.75. The number of benzene rings is 1. The Bertz CT molecular complexity index is 1090. The molecule has 1 atom stereocenters. The molecule has 0 radical (unpaired) electrons. The van der Waals surface area contributed by atoms with E-state index in [2.05, 4.69) is 21.8 Å². The number of amides is 1. The predicted molar refractivity (Wildman–Crippen MR) is 115 cm³/mol. The number of fused-ring (bicyclic) bond motifs is 3. The molecule has 0 bridgehead atoms. The van der Waals surface area contributed by atoms with Gasteiger partial charge in [-0.25, -0.2) is 8.42 Å². The zero-order chi connectivity index (χ0) is 20.9. The molecule has 1 aromatic carbocycles. The number of aryl methyl sites for hydroxylation is 1. The zero-order valence-corrected chi connectivity index (χ0v) is 18.2. The van der Waals surface area contributed by atoms with Gasteiger partial charge in [-0.2, -0.15) is 0 Å². The van der Waals surface area contributed by atoms with Crippen molar-refractivity contribution in [1.82, 2.24) is 14.8 Å². The Morgan fingerprint density at radius 1 is 1.20 bits per heavy atom. The maximum Gasteiger partial charge on any atom is 0.252 e. The molecule has 2 saturated heterocycles. The van der Waals surface area contributed by atoms with E-state index in [0.29, 0.717) is 24.4 Å². The van der Waals surface area contributed by atoms with Crippen LogP contribution in [0.2, 0.25) is 0 Å². The molecular formula is C22H29N3O4S. The Morgan fingerprint density at radius 2 is 2.00 bits per heavy atom. The third kappa shape index (κ3) is 3.44. The average Bonchev–Trinajstić information content (AvgIpc) is 3.24. The van der Waals surface area contributed by atoms with Crippen LogP contribution in [-0.4, -0.2) is 60.7 Å². The molecule has 162 valence electrons. The largest absolute Gasteiger partial charge is 0.381 e. The average molecular weight is 432 g/mol. The minimum absolute atomic E-state index is 0.158. The molecule has 30 heavy (non-hydrogen) atoms. The summed E-state index contributed by atoms with van der Waals surface area (Å²) in [5.74, 6) is -0.146. The Kier molecular flexibility index (Phi) is 5.11. The van der Waals surface area contributed by atoms with E-state index in [1.165, 1.54) is 11.3 Å². The molecule has 8 heteroatoms. The lowest BCUT2D eigenvalue weighted by Gasteiger charge is -2.37. The summed E-state index contributed by atoms with van der Waals surface area (Å²) in [7, 11) is -1.12. The number of nitrogens with zero attached hydrogens (tertiary/aromatic N) is 2. The molecule has 1 unspecified atom stereocenters. The van der Waals surface area contributed by atoms with Crippen LogP contribution in [-0.2, 0) is 34.6 Å². The molecular weight excluding hydrogens is 402 g/mol. The summed E-state index contributed by atoms with van der Waals surface area (Å²) in [6.45, 7) is 3.60. The highest BCUT2D eigenvalue weighted by Crippen LogP contribution is 2.33. The molecule has 7 nitrogen and oxygen atoms in total. The molecule has 3 aliphatic heterocycles. The number of sulfone groups is 1. The quantitative estimate of drug-likeness (QED) is 0.804. The fraction of sp³-hybridized carbons (Fsp3) is 0.591. The van der Waals surface area contributed by atoms with Gasteiger partial charge in [0.05, 0.1) is 5.75 Å². The van der Waals surface area contributed by atoms with Gasteiger partial charge in [-0.3, -0.25) is 9.69 Å². The highest BCUT2D eigenvalue weighted by Gasteiger charge is 2.33. The Morgan fingerprint density at radius 3 is 2.73 bits per heavy atom. The van der Waals surface area contributed by atoms with Gasteiger partial charge in [-0.1, -0.05) is 0 Å². The van der Waals surface area contributed by atoms with Crippen molar-refractivity contribution in [3.05, 3.63) is 35.0 Å². The summed E-state index contributed by atoms with van der Waals surface area (Å²) in [6, 6.07) is 6.30. The molecule has 2 fully saturated rings. The van der Waals surface area contributed by atoms with Crippen LogP contribution in [0.5, 0.6) is 0 Å². The van der Waals surface area contributed by atoms with Gasteiger partial charge >= 0.3 is 0 Å². The van der Waals surface area contributed by atoms with E-state index in [9.17, 15) is 13.2 Å². The Labute approximate surface area is 177 Å². The first kappa shape index (κ1) is 20.0. The Hall–Kier alpha value is -1.90. The van der Waals surface area contributed by atoms with Gasteiger partial charge in [0, 0.05) is 68.0 Å². The SMILES string of the molecule is Cn1c2c(c3cc(C(=O)NC4CCCS4(=O)=O)ccc31)CN(C1CCOCC1)CC2. The molecule has 5 rings (SSSR count). The van der Waals surface area contributed by atoms with Crippen LogP contribution < -0.4 is 5.32 Å². The van der Waals surface area contributed by atoms with Crippen LogP contribution in [0.3, 0.4) is 0 Å². The second-order valence-corrected chi connectivity index (χ2v) is 11.1. The van der Waals surface area contributed by atoms with Crippen molar-refractivity contribution < 1.29 is 17.9 Å². The number of carbonyl (C=O) groups excluding carboxylic acids is 1. The summed E-state index contributed by atoms with van der Waals surface area (Å²) in [4.78, 5) is 15.4. The lowest BCUT2D eigenvalue weighted by atomic mass is 9.99. The van der Waals surface area contributed by atoms with Crippen molar-refractivity contribution in [2.75, 3.05) is 25.5 Å². The number of hydrogen-bond acceptors (Lipinski definition) is 5. The van der Waals surface area contributed by atoms with Crippen molar-refractivity contribution in [1.29, 1.82) is 0 Å². The molecule has 3 aliphatic rings. The highest BCUT2D eigenvalue weighted by molar-refractivity contribution is 7.92. The number of rotatable bonds is 3. The van der Waals surface area contributed by atoms with Crippen molar-refractivity contribution >= 4 is 26.6 Å². The number of hydrogen-bond donors (Lipinski definition) is 1. The van der Waals surface area contributed by atoms with Crippen molar-refractivity contribution in [2.45, 2.75) is 50.1 Å². The van der Waals surface area contributed by atoms with E-state index in [1.54, 1.807) is 6.07 Å². The fourth-order valence-corrected chi connectivity index (χ4v) is 6.95. The van der Waals surface area contributed by atoms with Gasteiger partial charge in [0.15, 0.2) is 9.84 Å². The summed E-state index contributed by atoms with van der Waals surface area (Å²) in [6.07, 6.45) is 4.25. The van der Waals surface area contributed by atoms with Crippen LogP contribution in [0.1, 0.15) is 47.3 Å². The molecule has 1 N–H and O–H groups in total. The smallest absolute Gasteiger partial charge is 0.252 e. The molecule has 1 amide bonds. The molecule has 0 aliphatic carbocycles. The van der Waals surface area contributed by atoms with E-state index >= 15 is 0 Å². The van der Waals surface area contributed by atoms with E-state index in [1.807, 2.05) is 12.1 Å². The third-order valence-corrected chi connectivity index (χ3v) is 9.10. The van der Waals surface area contributed by atoms with Crippen LogP contribution in [0.4, 0.5) is 0 Å². The number of carbonyl (C=O) groups is 1. The summed E-state index contributed by atoms with van der Waals surface area (Å²) in [5, 5.41) is 3.09. The van der Waals surface area contributed by atoms with Crippen LogP contribution in [0.15, 0.2) is 18.2 Å². The lowest BCUT2D eigenvalue weighted by Crippen LogP contribution is -2.42. The minimum Gasteiger partial charge on any atom is -0.381 e. The molecule has 1 aromatic heterocycles. The summed E-state index contributed by atoms with van der Waals surface area (Å²) < 4.78 is 32.0. The summed E-state index contributed by atoms with van der Waals surface area (Å²) in [5.41, 5.74) is 4.29. The van der Waals surface area contributed by atoms with Gasteiger partial charge in [-0.15, -0.1) is 0 Å². The van der Waals surface area contributed by atoms with E-state index < -0.39 is 15.2 Å². The van der Waals surface area contributed by atoms with Crippen molar-refractivity contribution in [2.24, 2.45) is 7.05 Å². The Balaban J connectivity index is 1.44. The van der Waals surface area contributed by atoms with Gasteiger partial charge in [0.25, 0.3) is 5.91 Å². The normalized spacial score (nSPS) is 24.8. The van der Waals surface area contributed by atoms with Gasteiger partial charge < -0.3 is 14.6 Å². The van der Waals surface area contributed by atoms with Crippen molar-refractivity contribution in [3.63, 3.8) is 0 Å². The van der Waals surface area contributed by atoms with Crippen LogP contribution >= 0.6 is 0 Å². The predicted octanol–water partition coefficient (Wildman–Crippen LogP) is 1.98. The van der Waals surface area contributed by atoms with Gasteiger partial charge in [-0.05, 0) is 49.4 Å². The van der Waals surface area contributed by atoms with Crippen LogP contribution in [0, 0.1) is 0 Å². The topological polar surface area (TPSA) is 80.6 Å². The zero-order valence-electron chi connectivity index (χ0n) is 17.4. The molecule has 0 saturated carbocycles. The highest BCUT2D eigenvalue weighted by atomic mass is 32.2. The maximum atomic E-state index is 12.8. The first-order chi connectivity index (χ1) is 14.4. The van der Waals surface area contributed by atoms with E-state index in [-0.39, 0.29) is 11.7 Å². The number of ether oxygens (including phenoxy) is 1. The molecule has 2 aromatic rings. The van der Waals surface area contributed by atoms with Crippen LogP contribution in [0.25, 0.3) is 10.9 Å². The van der Waals surface area contributed by atoms with Gasteiger partial charge in [0.1, 0.15) is 5.37 Å². The van der Waals surface area contributed by atoms with E-state index in [0.717, 1.165) is 56.5 Å². The molecule has 0 spiro atoms. The van der Waals surface area contributed by atoms with Crippen molar-refractivity contribution in [3.8, 4) is 0 Å². The number of aromatic nitrogens is 1. The monoisotopic (exact) mass is 431 g/mol. The second kappa shape index (κ2) is 7.66. The minimum atomic E-state index is -3.22. The standard InChI is InChI=1S/C22H29N3O4S/c1-24-19-5-4-15(22(26)23-21-3-2-12-30(21,27)28)13-17(19)18-14-25(9-6-20(18)24)16-7-10-29-11-8-16/h4-5,13,16,21H,2-3,6-12,14H2,1H3,(H,23,26). The van der Waals surface area contributed by atoms with Gasteiger partial charge in [0.2, 0.25) is 0 Å². The first-order valence-electron chi connectivity index (χ1n) is 10.9. The third-order valence-electron chi connectivity index (χ3n) is 7.02. The lowest BCUT2D eigenvalue weighted by molar-refractivity contribution is 0.0289. The first-order valence-corrected chi connectivity index (χ1v) is 12.6. The van der Waals surface area contributed by atoms with E-state index in [4.69, 9.17) is 4.74 Å². The fourth-order valence-electron chi connectivity index (χ4n) is 5.29. The number of nitrogens with one attached hydrogen (secondary N) is 1. The summed E-state index contributed by atoms with van der Waals surface area (Å²) >= 11 is 0.